The molecule has 0 aromatic carbocycles. The Labute approximate surface area is 167 Å². The molecule has 1 spiro atoms. The number of aliphatic hydroxyl groups is 1. The smallest absolute Gasteiger partial charge is 0.345 e. The van der Waals surface area contributed by atoms with Crippen LogP contribution >= 0.6 is 0 Å². The Bertz CT molecular complexity index is 836. The summed E-state index contributed by atoms with van der Waals surface area (Å²) in [6.07, 6.45) is 2.75. The number of carbonyl (C=O) groups is 2. The lowest BCUT2D eigenvalue weighted by Gasteiger charge is -2.47. The number of nitrogens with zero attached hydrogens (tertiary/aromatic N) is 4. The maximum absolute atomic E-state index is 12.4. The lowest BCUT2D eigenvalue weighted by atomic mass is 9.88. The summed E-state index contributed by atoms with van der Waals surface area (Å²) in [7, 11) is 1.61. The average Bonchev–Trinajstić information content (AvgIpc) is 3.33. The zero-order chi connectivity index (χ0) is 20.6. The SMILES string of the molecule is Cn1cnn(CCC(=O)NC2COC3(C2)CN(C(=O)CC2(O)CCOC2)C3)c1=O. The molecule has 2 unspecified atom stereocenters. The van der Waals surface area contributed by atoms with Crippen molar-refractivity contribution < 1.29 is 24.2 Å². The number of aryl methyl sites for hydroxylation is 2. The summed E-state index contributed by atoms with van der Waals surface area (Å²) in [5.74, 6) is -0.260. The standard InChI is InChI=1S/C18H27N5O6/c1-21-12-19-23(16(21)26)4-2-14(24)20-13-6-18(29-8-13)9-22(10-18)15(25)7-17(27)3-5-28-11-17/h12-13,27H,2-11H2,1H3,(H,20,24). The first-order chi connectivity index (χ1) is 13.8. The molecule has 160 valence electrons. The largest absolute Gasteiger partial charge is 0.387 e. The van der Waals surface area contributed by atoms with Gasteiger partial charge in [-0.2, -0.15) is 5.10 Å². The number of carbonyl (C=O) groups excluding carboxylic acids is 2. The number of rotatable bonds is 6. The average molecular weight is 409 g/mol. The molecular weight excluding hydrogens is 382 g/mol. The maximum Gasteiger partial charge on any atom is 0.345 e. The fourth-order valence-electron chi connectivity index (χ4n) is 4.19. The van der Waals surface area contributed by atoms with Crippen LogP contribution in [0.3, 0.4) is 0 Å². The predicted molar refractivity (Wildman–Crippen MR) is 98.9 cm³/mol. The summed E-state index contributed by atoms with van der Waals surface area (Å²) in [6, 6.07) is -0.118. The molecule has 11 heteroatoms. The number of hydrogen-bond donors (Lipinski definition) is 2. The van der Waals surface area contributed by atoms with Gasteiger partial charge in [0.25, 0.3) is 0 Å². The Balaban J connectivity index is 1.20. The molecule has 2 N–H and O–H groups in total. The zero-order valence-corrected chi connectivity index (χ0v) is 16.5. The van der Waals surface area contributed by atoms with Crippen molar-refractivity contribution in [3.63, 3.8) is 0 Å². The van der Waals surface area contributed by atoms with E-state index in [0.29, 0.717) is 39.1 Å². The van der Waals surface area contributed by atoms with Gasteiger partial charge < -0.3 is 24.8 Å². The number of aromatic nitrogens is 3. The first-order valence-corrected chi connectivity index (χ1v) is 9.87. The van der Waals surface area contributed by atoms with Crippen LogP contribution < -0.4 is 11.0 Å². The quantitative estimate of drug-likeness (QED) is 0.556. The Morgan fingerprint density at radius 2 is 2.21 bits per heavy atom. The van der Waals surface area contributed by atoms with E-state index in [1.165, 1.54) is 15.6 Å². The summed E-state index contributed by atoms with van der Waals surface area (Å²) >= 11 is 0. The molecule has 3 aliphatic heterocycles. The molecule has 11 nitrogen and oxygen atoms in total. The third-order valence-electron chi connectivity index (χ3n) is 5.89. The third-order valence-corrected chi connectivity index (χ3v) is 5.89. The molecule has 0 bridgehead atoms. The molecular formula is C18H27N5O6. The number of ether oxygens (including phenoxy) is 2. The normalized spacial score (nSPS) is 27.9. The molecule has 2 atom stereocenters. The number of nitrogens with one attached hydrogen (secondary N) is 1. The first-order valence-electron chi connectivity index (χ1n) is 9.87. The fourth-order valence-corrected chi connectivity index (χ4v) is 4.19. The highest BCUT2D eigenvalue weighted by Crippen LogP contribution is 2.36. The molecule has 0 aliphatic carbocycles. The van der Waals surface area contributed by atoms with Crippen molar-refractivity contribution in [2.24, 2.45) is 7.05 Å². The van der Waals surface area contributed by atoms with Gasteiger partial charge in [0.05, 0.1) is 50.9 Å². The van der Waals surface area contributed by atoms with Crippen molar-refractivity contribution in [1.29, 1.82) is 0 Å². The number of likely N-dealkylation sites (tertiary alicyclic amines) is 1. The van der Waals surface area contributed by atoms with E-state index < -0.39 is 11.2 Å². The van der Waals surface area contributed by atoms with Crippen LogP contribution in [0.1, 0.15) is 25.7 Å². The van der Waals surface area contributed by atoms with E-state index >= 15 is 0 Å². The molecule has 3 fully saturated rings. The molecule has 4 rings (SSSR count). The summed E-state index contributed by atoms with van der Waals surface area (Å²) in [5, 5.41) is 17.2. The second-order valence-electron chi connectivity index (χ2n) is 8.41. The van der Waals surface area contributed by atoms with Crippen molar-refractivity contribution in [2.45, 2.75) is 49.5 Å². The molecule has 0 saturated carbocycles. The van der Waals surface area contributed by atoms with Crippen LogP contribution in [0.5, 0.6) is 0 Å². The van der Waals surface area contributed by atoms with Crippen molar-refractivity contribution in [3.8, 4) is 0 Å². The van der Waals surface area contributed by atoms with Crippen molar-refractivity contribution in [1.82, 2.24) is 24.6 Å². The highest BCUT2D eigenvalue weighted by Gasteiger charge is 2.52. The maximum atomic E-state index is 12.4. The van der Waals surface area contributed by atoms with E-state index in [4.69, 9.17) is 9.47 Å². The van der Waals surface area contributed by atoms with Crippen LogP contribution in [0.15, 0.2) is 11.1 Å². The van der Waals surface area contributed by atoms with Crippen LogP contribution in [0.2, 0.25) is 0 Å². The third kappa shape index (κ3) is 4.21. The van der Waals surface area contributed by atoms with Crippen molar-refractivity contribution in [2.75, 3.05) is 32.9 Å². The number of amides is 2. The Morgan fingerprint density at radius 1 is 1.41 bits per heavy atom. The lowest BCUT2D eigenvalue weighted by molar-refractivity contribution is -0.162. The Hall–Kier alpha value is -2.24. The Morgan fingerprint density at radius 3 is 2.86 bits per heavy atom. The van der Waals surface area contributed by atoms with Gasteiger partial charge in [-0.1, -0.05) is 0 Å². The van der Waals surface area contributed by atoms with E-state index in [0.717, 1.165) is 0 Å². The monoisotopic (exact) mass is 409 g/mol. The highest BCUT2D eigenvalue weighted by molar-refractivity contribution is 5.79. The summed E-state index contributed by atoms with van der Waals surface area (Å²) in [4.78, 5) is 38.0. The summed E-state index contributed by atoms with van der Waals surface area (Å²) in [6.45, 7) is 2.24. The first kappa shape index (κ1) is 20.0. The van der Waals surface area contributed by atoms with Gasteiger partial charge in [-0.15, -0.1) is 0 Å². The molecule has 2 amide bonds. The minimum absolute atomic E-state index is 0.0656. The van der Waals surface area contributed by atoms with Gasteiger partial charge in [-0.25, -0.2) is 9.48 Å². The van der Waals surface area contributed by atoms with E-state index in [9.17, 15) is 19.5 Å². The second-order valence-corrected chi connectivity index (χ2v) is 8.41. The molecule has 0 radical (unpaired) electrons. The summed E-state index contributed by atoms with van der Waals surface area (Å²) < 4.78 is 13.7. The van der Waals surface area contributed by atoms with Gasteiger partial charge in [0, 0.05) is 32.9 Å². The highest BCUT2D eigenvalue weighted by atomic mass is 16.5. The number of hydrogen-bond acceptors (Lipinski definition) is 7. The van der Waals surface area contributed by atoms with Crippen molar-refractivity contribution in [3.05, 3.63) is 16.8 Å². The molecule has 3 aliphatic rings. The van der Waals surface area contributed by atoms with Crippen LogP contribution in [-0.2, 0) is 32.7 Å². The van der Waals surface area contributed by atoms with Crippen LogP contribution in [-0.4, -0.2) is 86.3 Å². The molecule has 3 saturated heterocycles. The van der Waals surface area contributed by atoms with Gasteiger partial charge in [0.2, 0.25) is 11.8 Å². The predicted octanol–water partition coefficient (Wildman–Crippen LogP) is -2.00. The van der Waals surface area contributed by atoms with E-state index in [-0.39, 0.29) is 49.5 Å². The topological polar surface area (TPSA) is 128 Å². The minimum atomic E-state index is -1.05. The molecule has 4 heterocycles. The second kappa shape index (κ2) is 7.54. The zero-order valence-electron chi connectivity index (χ0n) is 16.5. The van der Waals surface area contributed by atoms with E-state index in [1.54, 1.807) is 11.9 Å². The van der Waals surface area contributed by atoms with Gasteiger partial charge in [0.1, 0.15) is 11.9 Å². The summed E-state index contributed by atoms with van der Waals surface area (Å²) in [5.41, 5.74) is -1.73. The molecule has 1 aromatic rings. The lowest BCUT2D eigenvalue weighted by Crippen LogP contribution is -2.64. The van der Waals surface area contributed by atoms with E-state index in [2.05, 4.69) is 10.4 Å². The van der Waals surface area contributed by atoms with Gasteiger partial charge in [-0.3, -0.25) is 14.2 Å². The van der Waals surface area contributed by atoms with Crippen molar-refractivity contribution >= 4 is 11.8 Å². The van der Waals surface area contributed by atoms with Crippen LogP contribution in [0.25, 0.3) is 0 Å². The van der Waals surface area contributed by atoms with Crippen LogP contribution in [0.4, 0.5) is 0 Å². The van der Waals surface area contributed by atoms with Crippen LogP contribution in [0, 0.1) is 0 Å². The Kier molecular flexibility index (Phi) is 5.21. The fraction of sp³-hybridized carbons (Fsp3) is 0.778. The minimum Gasteiger partial charge on any atom is -0.387 e. The van der Waals surface area contributed by atoms with E-state index in [1.807, 2.05) is 0 Å². The van der Waals surface area contributed by atoms with Gasteiger partial charge >= 0.3 is 5.69 Å². The van der Waals surface area contributed by atoms with Gasteiger partial charge in [-0.05, 0) is 0 Å². The van der Waals surface area contributed by atoms with Gasteiger partial charge in [0.15, 0.2) is 0 Å². The molecule has 1 aromatic heterocycles. The molecule has 29 heavy (non-hydrogen) atoms.